The molecule has 0 aromatic rings. The predicted octanol–water partition coefficient (Wildman–Crippen LogP) is 1.39. The number of esters is 1. The van der Waals surface area contributed by atoms with Crippen molar-refractivity contribution in [2.45, 2.75) is 95.1 Å². The zero-order chi connectivity index (χ0) is 20.7. The smallest absolute Gasteiger partial charge is 0.302 e. The zero-order valence-electron chi connectivity index (χ0n) is 17.1. The van der Waals surface area contributed by atoms with Crippen LogP contribution in [0.1, 0.15) is 53.4 Å². The summed E-state index contributed by atoms with van der Waals surface area (Å²) in [4.78, 5) is 11.4. The molecule has 3 aliphatic rings. The third-order valence-electron chi connectivity index (χ3n) is 6.00. The van der Waals surface area contributed by atoms with Gasteiger partial charge in [0.05, 0.1) is 17.8 Å². The average Bonchev–Trinajstić information content (AvgIpc) is 3.32. The summed E-state index contributed by atoms with van der Waals surface area (Å²) in [6, 6.07) is 0. The lowest BCUT2D eigenvalue weighted by Gasteiger charge is -2.46. The normalized spacial score (nSPS) is 37.4. The first-order chi connectivity index (χ1) is 13.1. The Balaban J connectivity index is 1.91. The van der Waals surface area contributed by atoms with Crippen LogP contribution >= 0.6 is 0 Å². The Morgan fingerprint density at radius 1 is 1.36 bits per heavy atom. The van der Waals surface area contributed by atoms with Crippen LogP contribution in [-0.4, -0.2) is 69.6 Å². The van der Waals surface area contributed by atoms with Gasteiger partial charge in [0, 0.05) is 18.9 Å². The largest absolute Gasteiger partial charge is 0.461 e. The van der Waals surface area contributed by atoms with Crippen LogP contribution in [0.4, 0.5) is 0 Å². The number of aliphatic hydroxyl groups excluding tert-OH is 3. The van der Waals surface area contributed by atoms with E-state index >= 15 is 0 Å². The summed E-state index contributed by atoms with van der Waals surface area (Å²) in [6.07, 6.45) is 2.97. The van der Waals surface area contributed by atoms with Gasteiger partial charge < -0.3 is 29.5 Å². The number of hydrogen-bond donors (Lipinski definition) is 3. The van der Waals surface area contributed by atoms with Crippen LogP contribution in [0.2, 0.25) is 0 Å². The van der Waals surface area contributed by atoms with Crippen LogP contribution in [0.5, 0.6) is 0 Å². The third-order valence-corrected chi connectivity index (χ3v) is 6.00. The molecule has 0 bridgehead atoms. The second kappa shape index (κ2) is 7.88. The first-order valence-corrected chi connectivity index (χ1v) is 10.0. The van der Waals surface area contributed by atoms with E-state index in [1.807, 2.05) is 26.8 Å². The highest BCUT2D eigenvalue weighted by Gasteiger charge is 2.72. The first kappa shape index (κ1) is 21.5. The minimum absolute atomic E-state index is 0.0156. The number of rotatable bonds is 7. The van der Waals surface area contributed by atoms with Crippen LogP contribution in [0.25, 0.3) is 0 Å². The molecule has 3 N–H and O–H groups in total. The number of epoxide rings is 1. The van der Waals surface area contributed by atoms with E-state index < -0.39 is 47.7 Å². The van der Waals surface area contributed by atoms with Crippen molar-refractivity contribution in [3.8, 4) is 0 Å². The lowest BCUT2D eigenvalue weighted by atomic mass is 9.72. The van der Waals surface area contributed by atoms with Gasteiger partial charge in [-0.15, -0.1) is 0 Å². The summed E-state index contributed by atoms with van der Waals surface area (Å²) in [5.41, 5.74) is -0.330. The minimum atomic E-state index is -0.904. The Morgan fingerprint density at radius 2 is 2.07 bits per heavy atom. The van der Waals surface area contributed by atoms with Gasteiger partial charge >= 0.3 is 5.97 Å². The standard InChI is InChI=1S/C21H32O7/c1-5-7-13(23)8-6-9-14-15(11-26-12(2)22)18-21(19(28-21)17(14)25)10-16(24)20(3,4)27-18/h6,9,13,16-19,23-25H,5,7-8,10-11H2,1-4H3/t13?,16-,17+,18-,19-,21+/m0/s1. The summed E-state index contributed by atoms with van der Waals surface area (Å²) in [6.45, 7) is 6.95. The Labute approximate surface area is 166 Å². The quantitative estimate of drug-likeness (QED) is 0.441. The number of carbonyl (C=O) groups excluding carboxylic acids is 1. The van der Waals surface area contributed by atoms with Crippen molar-refractivity contribution in [2.75, 3.05) is 6.61 Å². The molecule has 0 saturated carbocycles. The molecular weight excluding hydrogens is 364 g/mol. The number of aliphatic hydroxyl groups is 3. The molecule has 1 unspecified atom stereocenters. The molecule has 7 heteroatoms. The topological polar surface area (TPSA) is 109 Å². The van der Waals surface area contributed by atoms with E-state index in [-0.39, 0.29) is 6.61 Å². The Morgan fingerprint density at radius 3 is 2.71 bits per heavy atom. The molecule has 0 aromatic carbocycles. The molecule has 158 valence electrons. The summed E-state index contributed by atoms with van der Waals surface area (Å²) >= 11 is 0. The van der Waals surface area contributed by atoms with Crippen molar-refractivity contribution in [1.82, 2.24) is 0 Å². The fourth-order valence-corrected chi connectivity index (χ4v) is 4.26. The van der Waals surface area contributed by atoms with Gasteiger partial charge in [-0.2, -0.15) is 0 Å². The second-order valence-corrected chi connectivity index (χ2v) is 8.60. The lowest BCUT2D eigenvalue weighted by Crippen LogP contribution is -2.59. The molecule has 2 aliphatic heterocycles. The highest BCUT2D eigenvalue weighted by molar-refractivity contribution is 5.66. The summed E-state index contributed by atoms with van der Waals surface area (Å²) < 4.78 is 17.3. The molecule has 2 heterocycles. The van der Waals surface area contributed by atoms with Crippen molar-refractivity contribution in [1.29, 1.82) is 0 Å². The zero-order valence-corrected chi connectivity index (χ0v) is 17.1. The average molecular weight is 396 g/mol. The molecule has 2 saturated heterocycles. The number of hydrogen-bond acceptors (Lipinski definition) is 7. The van der Waals surface area contributed by atoms with Crippen molar-refractivity contribution in [3.05, 3.63) is 23.3 Å². The molecule has 0 aromatic heterocycles. The van der Waals surface area contributed by atoms with Gasteiger partial charge in [0.2, 0.25) is 0 Å². The maximum Gasteiger partial charge on any atom is 0.302 e. The molecule has 1 aliphatic carbocycles. The van der Waals surface area contributed by atoms with E-state index in [0.29, 0.717) is 30.4 Å². The summed E-state index contributed by atoms with van der Waals surface area (Å²) in [5, 5.41) is 31.3. The van der Waals surface area contributed by atoms with Crippen molar-refractivity contribution in [2.24, 2.45) is 0 Å². The van der Waals surface area contributed by atoms with Crippen LogP contribution in [0, 0.1) is 0 Å². The Kier molecular flexibility index (Phi) is 6.04. The number of ether oxygens (including phenoxy) is 3. The summed E-state index contributed by atoms with van der Waals surface area (Å²) in [7, 11) is 0. The van der Waals surface area contributed by atoms with Crippen LogP contribution in [-0.2, 0) is 19.0 Å². The Hall–Kier alpha value is -1.25. The predicted molar refractivity (Wildman–Crippen MR) is 102 cm³/mol. The SMILES string of the molecule is CCCC(O)CC=CC1=C(COC(C)=O)[C@@H]2OC(C)(C)[C@@H](O)C[C@@]23O[C@H]3[C@@H]1O. The lowest BCUT2D eigenvalue weighted by molar-refractivity contribution is -0.191. The first-order valence-electron chi connectivity index (χ1n) is 10.0. The van der Waals surface area contributed by atoms with Crippen LogP contribution in [0.15, 0.2) is 23.3 Å². The van der Waals surface area contributed by atoms with E-state index in [1.54, 1.807) is 6.08 Å². The van der Waals surface area contributed by atoms with E-state index in [2.05, 4.69) is 0 Å². The van der Waals surface area contributed by atoms with Gasteiger partial charge in [-0.3, -0.25) is 4.79 Å². The molecule has 7 nitrogen and oxygen atoms in total. The van der Waals surface area contributed by atoms with Gasteiger partial charge in [0.15, 0.2) is 0 Å². The highest BCUT2D eigenvalue weighted by Crippen LogP contribution is 2.58. The fraction of sp³-hybridized carbons (Fsp3) is 0.762. The van der Waals surface area contributed by atoms with E-state index in [0.717, 1.165) is 6.42 Å². The van der Waals surface area contributed by atoms with Crippen molar-refractivity contribution < 1.29 is 34.3 Å². The van der Waals surface area contributed by atoms with Gasteiger partial charge in [-0.05, 0) is 32.3 Å². The molecule has 6 atom stereocenters. The van der Waals surface area contributed by atoms with E-state index in [1.165, 1.54) is 6.92 Å². The molecule has 0 amide bonds. The second-order valence-electron chi connectivity index (χ2n) is 8.60. The minimum Gasteiger partial charge on any atom is -0.461 e. The molecule has 3 rings (SSSR count). The molecule has 2 fully saturated rings. The maximum absolute atomic E-state index is 11.4. The van der Waals surface area contributed by atoms with Gasteiger partial charge in [0.1, 0.15) is 30.5 Å². The Bertz CT molecular complexity index is 668. The number of carbonyl (C=O) groups is 1. The molecule has 28 heavy (non-hydrogen) atoms. The van der Waals surface area contributed by atoms with E-state index in [4.69, 9.17) is 14.2 Å². The van der Waals surface area contributed by atoms with Crippen molar-refractivity contribution in [3.63, 3.8) is 0 Å². The third kappa shape index (κ3) is 3.91. The highest BCUT2D eigenvalue weighted by atomic mass is 16.7. The maximum atomic E-state index is 11.4. The molecule has 1 spiro atoms. The molecular formula is C21H32O7. The van der Waals surface area contributed by atoms with Crippen molar-refractivity contribution >= 4 is 5.97 Å². The van der Waals surface area contributed by atoms with Gasteiger partial charge in [0.25, 0.3) is 0 Å². The fourth-order valence-electron chi connectivity index (χ4n) is 4.26. The monoisotopic (exact) mass is 396 g/mol. The van der Waals surface area contributed by atoms with Crippen LogP contribution in [0.3, 0.4) is 0 Å². The van der Waals surface area contributed by atoms with Crippen LogP contribution < -0.4 is 0 Å². The molecule has 0 radical (unpaired) electrons. The van der Waals surface area contributed by atoms with E-state index in [9.17, 15) is 20.1 Å². The summed E-state index contributed by atoms with van der Waals surface area (Å²) in [5.74, 6) is -0.424. The van der Waals surface area contributed by atoms with Gasteiger partial charge in [-0.25, -0.2) is 0 Å². The van der Waals surface area contributed by atoms with Gasteiger partial charge in [-0.1, -0.05) is 25.5 Å².